The van der Waals surface area contributed by atoms with Gasteiger partial charge in [0.1, 0.15) is 18.0 Å². The predicted molar refractivity (Wildman–Crippen MR) is 102 cm³/mol. The van der Waals surface area contributed by atoms with Gasteiger partial charge in [-0.05, 0) is 17.9 Å². The molecule has 0 radical (unpaired) electrons. The lowest BCUT2D eigenvalue weighted by atomic mass is 10.1. The zero-order chi connectivity index (χ0) is 19.0. The smallest absolute Gasteiger partial charge is 0.309 e. The first kappa shape index (κ1) is 17.4. The maximum atomic E-state index is 13.1. The Balaban J connectivity index is 1.74. The fraction of sp³-hybridized carbons (Fsp3) is 0.300. The minimum atomic E-state index is -0.285. The van der Waals surface area contributed by atoms with Gasteiger partial charge >= 0.3 is 5.97 Å². The van der Waals surface area contributed by atoms with E-state index in [1.807, 2.05) is 48.7 Å². The molecule has 3 aromatic rings. The fourth-order valence-electron chi connectivity index (χ4n) is 3.13. The molecule has 0 saturated heterocycles. The van der Waals surface area contributed by atoms with Gasteiger partial charge in [-0.1, -0.05) is 37.3 Å². The van der Waals surface area contributed by atoms with Gasteiger partial charge < -0.3 is 4.74 Å². The molecule has 27 heavy (non-hydrogen) atoms. The van der Waals surface area contributed by atoms with Crippen molar-refractivity contribution in [2.45, 2.75) is 26.5 Å². The molecule has 0 unspecified atom stereocenters. The van der Waals surface area contributed by atoms with Gasteiger partial charge in [0.2, 0.25) is 0 Å². The normalized spacial score (nSPS) is 18.2. The first-order valence-corrected chi connectivity index (χ1v) is 9.58. The summed E-state index contributed by atoms with van der Waals surface area (Å²) in [6, 6.07) is 11.6. The summed E-state index contributed by atoms with van der Waals surface area (Å²) >= 11 is 1.37. The van der Waals surface area contributed by atoms with Crippen LogP contribution < -0.4 is 5.56 Å². The Morgan fingerprint density at radius 2 is 2.15 bits per heavy atom. The van der Waals surface area contributed by atoms with E-state index in [2.05, 4.69) is 4.98 Å². The van der Waals surface area contributed by atoms with Crippen LogP contribution in [-0.2, 0) is 22.7 Å². The maximum absolute atomic E-state index is 13.1. The SMILES string of the molecule is C[C@@H]1C[C@H]1C(=O)OCc1nc2scc(-c3ccccc3)c2c(=O)n1CC#N. The van der Waals surface area contributed by atoms with Gasteiger partial charge in [-0.15, -0.1) is 11.3 Å². The van der Waals surface area contributed by atoms with Crippen molar-refractivity contribution in [3.63, 3.8) is 0 Å². The monoisotopic (exact) mass is 379 g/mol. The average molecular weight is 379 g/mol. The zero-order valence-electron chi connectivity index (χ0n) is 14.7. The topological polar surface area (TPSA) is 85.0 Å². The van der Waals surface area contributed by atoms with E-state index in [1.165, 1.54) is 15.9 Å². The van der Waals surface area contributed by atoms with Crippen molar-refractivity contribution >= 4 is 27.5 Å². The van der Waals surface area contributed by atoms with Crippen LogP contribution in [0.25, 0.3) is 21.3 Å². The average Bonchev–Trinajstić information content (AvgIpc) is 3.26. The molecular formula is C20H17N3O3S. The van der Waals surface area contributed by atoms with Gasteiger partial charge in [0.15, 0.2) is 5.82 Å². The molecule has 1 saturated carbocycles. The van der Waals surface area contributed by atoms with Crippen LogP contribution in [0.5, 0.6) is 0 Å². The highest BCUT2D eigenvalue weighted by molar-refractivity contribution is 7.17. The second-order valence-corrected chi connectivity index (χ2v) is 7.56. The number of ether oxygens (including phenoxy) is 1. The number of esters is 1. The molecule has 6 nitrogen and oxygen atoms in total. The summed E-state index contributed by atoms with van der Waals surface area (Å²) in [5.74, 6) is 0.324. The Bertz CT molecular complexity index is 1110. The van der Waals surface area contributed by atoms with E-state index in [9.17, 15) is 9.59 Å². The summed E-state index contributed by atoms with van der Waals surface area (Å²) < 4.78 is 6.64. The molecule has 4 rings (SSSR count). The van der Waals surface area contributed by atoms with Gasteiger partial charge in [0, 0.05) is 10.9 Å². The second-order valence-electron chi connectivity index (χ2n) is 6.70. The van der Waals surface area contributed by atoms with E-state index in [1.54, 1.807) is 0 Å². The van der Waals surface area contributed by atoms with E-state index < -0.39 is 0 Å². The van der Waals surface area contributed by atoms with Crippen molar-refractivity contribution in [3.05, 3.63) is 51.9 Å². The van der Waals surface area contributed by atoms with E-state index in [-0.39, 0.29) is 30.6 Å². The molecular weight excluding hydrogens is 362 g/mol. The number of nitriles is 1. The molecule has 2 atom stereocenters. The molecule has 2 heterocycles. The van der Waals surface area contributed by atoms with Crippen LogP contribution in [0.4, 0.5) is 0 Å². The molecule has 0 bridgehead atoms. The van der Waals surface area contributed by atoms with Crippen molar-refractivity contribution in [2.24, 2.45) is 11.8 Å². The third-order valence-corrected chi connectivity index (χ3v) is 5.71. The van der Waals surface area contributed by atoms with Crippen molar-refractivity contribution in [1.29, 1.82) is 5.26 Å². The van der Waals surface area contributed by atoms with Crippen LogP contribution in [0.15, 0.2) is 40.5 Å². The summed E-state index contributed by atoms with van der Waals surface area (Å²) in [6.07, 6.45) is 0.835. The Morgan fingerprint density at radius 3 is 2.81 bits per heavy atom. The molecule has 0 amide bonds. The summed E-state index contributed by atoms with van der Waals surface area (Å²) in [7, 11) is 0. The van der Waals surface area contributed by atoms with Gasteiger partial charge in [0.05, 0.1) is 17.4 Å². The van der Waals surface area contributed by atoms with Gasteiger partial charge in [-0.2, -0.15) is 5.26 Å². The zero-order valence-corrected chi connectivity index (χ0v) is 15.5. The highest BCUT2D eigenvalue weighted by Crippen LogP contribution is 2.38. The van der Waals surface area contributed by atoms with Crippen molar-refractivity contribution in [1.82, 2.24) is 9.55 Å². The number of fused-ring (bicyclic) bond motifs is 1. The number of thiophene rings is 1. The highest BCUT2D eigenvalue weighted by Gasteiger charge is 2.40. The third-order valence-electron chi connectivity index (χ3n) is 4.84. The minimum absolute atomic E-state index is 0.0590. The maximum Gasteiger partial charge on any atom is 0.309 e. The van der Waals surface area contributed by atoms with E-state index in [0.29, 0.717) is 22.0 Å². The number of benzene rings is 1. The Hall–Kier alpha value is -2.98. The van der Waals surface area contributed by atoms with E-state index in [4.69, 9.17) is 10.00 Å². The predicted octanol–water partition coefficient (Wildman–Crippen LogP) is 3.35. The van der Waals surface area contributed by atoms with Crippen LogP contribution in [-0.4, -0.2) is 15.5 Å². The molecule has 1 fully saturated rings. The molecule has 0 aliphatic heterocycles. The molecule has 2 aromatic heterocycles. The number of hydrogen-bond donors (Lipinski definition) is 0. The lowest BCUT2D eigenvalue weighted by Crippen LogP contribution is -2.26. The number of rotatable bonds is 5. The van der Waals surface area contributed by atoms with Crippen molar-refractivity contribution < 1.29 is 9.53 Å². The molecule has 0 N–H and O–H groups in total. The highest BCUT2D eigenvalue weighted by atomic mass is 32.1. The number of carbonyl (C=O) groups excluding carboxylic acids is 1. The standard InChI is InChI=1S/C20H17N3O3S/c1-12-9-14(12)20(25)26-10-16-22-18-17(19(24)23(16)8-7-21)15(11-27-18)13-5-3-2-4-6-13/h2-6,11-12,14H,8-10H2,1H3/t12-,14-/m1/s1. The quantitative estimate of drug-likeness (QED) is 0.635. The van der Waals surface area contributed by atoms with Crippen LogP contribution in [0.2, 0.25) is 0 Å². The number of carbonyl (C=O) groups is 1. The molecule has 1 aliphatic rings. The molecule has 1 aliphatic carbocycles. The Kier molecular flexibility index (Phi) is 4.50. The number of aromatic nitrogens is 2. The van der Waals surface area contributed by atoms with E-state index in [0.717, 1.165) is 17.5 Å². The molecule has 136 valence electrons. The Labute approximate surface area is 159 Å². The number of nitrogens with zero attached hydrogens (tertiary/aromatic N) is 3. The first-order valence-electron chi connectivity index (χ1n) is 8.70. The summed E-state index contributed by atoms with van der Waals surface area (Å²) in [6.45, 7) is 1.75. The summed E-state index contributed by atoms with van der Waals surface area (Å²) in [4.78, 5) is 30.2. The van der Waals surface area contributed by atoms with Crippen molar-refractivity contribution in [2.75, 3.05) is 0 Å². The first-order chi connectivity index (χ1) is 13.1. The summed E-state index contributed by atoms with van der Waals surface area (Å²) in [5.41, 5.74) is 1.44. The second kappa shape index (κ2) is 6.97. The van der Waals surface area contributed by atoms with E-state index >= 15 is 0 Å². The lowest BCUT2D eigenvalue weighted by Gasteiger charge is -2.10. The molecule has 1 aromatic carbocycles. The van der Waals surface area contributed by atoms with Crippen LogP contribution in [0, 0.1) is 23.2 Å². The molecule has 7 heteroatoms. The summed E-state index contributed by atoms with van der Waals surface area (Å²) in [5, 5.41) is 11.5. The van der Waals surface area contributed by atoms with Gasteiger partial charge in [0.25, 0.3) is 5.56 Å². The van der Waals surface area contributed by atoms with Crippen molar-refractivity contribution in [3.8, 4) is 17.2 Å². The largest absolute Gasteiger partial charge is 0.457 e. The lowest BCUT2D eigenvalue weighted by molar-refractivity contribution is -0.147. The van der Waals surface area contributed by atoms with Crippen LogP contribution in [0.3, 0.4) is 0 Å². The molecule has 0 spiro atoms. The minimum Gasteiger partial charge on any atom is -0.457 e. The fourth-order valence-corrected chi connectivity index (χ4v) is 4.09. The van der Waals surface area contributed by atoms with Gasteiger partial charge in [-0.25, -0.2) is 4.98 Å². The van der Waals surface area contributed by atoms with Gasteiger partial charge in [-0.3, -0.25) is 14.2 Å². The Morgan fingerprint density at radius 1 is 1.41 bits per heavy atom. The van der Waals surface area contributed by atoms with Crippen LogP contribution in [0.1, 0.15) is 19.2 Å². The van der Waals surface area contributed by atoms with Crippen LogP contribution >= 0.6 is 11.3 Å². The number of hydrogen-bond acceptors (Lipinski definition) is 6. The third kappa shape index (κ3) is 3.24.